The van der Waals surface area contributed by atoms with Gasteiger partial charge in [-0.1, -0.05) is 0 Å². The molecule has 94 valence electrons. The Morgan fingerprint density at radius 1 is 1.62 bits per heavy atom. The summed E-state index contributed by atoms with van der Waals surface area (Å²) in [5.41, 5.74) is 0. The van der Waals surface area contributed by atoms with Crippen LogP contribution in [-0.4, -0.2) is 48.3 Å². The number of ether oxygens (including phenoxy) is 1. The van der Waals surface area contributed by atoms with E-state index in [4.69, 9.17) is 9.84 Å². The van der Waals surface area contributed by atoms with Crippen LogP contribution in [-0.2, 0) is 9.53 Å². The highest BCUT2D eigenvalue weighted by Gasteiger charge is 2.26. The monoisotopic (exact) mass is 229 g/mol. The molecule has 0 aromatic carbocycles. The second-order valence-corrected chi connectivity index (χ2v) is 4.52. The van der Waals surface area contributed by atoms with E-state index >= 15 is 0 Å². The number of esters is 1. The maximum Gasteiger partial charge on any atom is 0.307 e. The number of likely N-dealkylation sites (tertiary alicyclic amines) is 1. The summed E-state index contributed by atoms with van der Waals surface area (Å²) in [5, 5.41) is 8.87. The zero-order chi connectivity index (χ0) is 12.0. The van der Waals surface area contributed by atoms with Crippen LogP contribution in [0, 0.1) is 5.92 Å². The molecule has 2 unspecified atom stereocenters. The van der Waals surface area contributed by atoms with Crippen LogP contribution in [0.1, 0.15) is 33.1 Å². The van der Waals surface area contributed by atoms with Gasteiger partial charge >= 0.3 is 5.97 Å². The predicted molar refractivity (Wildman–Crippen MR) is 62.1 cm³/mol. The maximum absolute atomic E-state index is 11.3. The first-order valence-corrected chi connectivity index (χ1v) is 6.17. The van der Waals surface area contributed by atoms with Crippen molar-refractivity contribution in [1.29, 1.82) is 0 Å². The molecule has 0 spiro atoms. The van der Waals surface area contributed by atoms with E-state index in [0.717, 1.165) is 25.9 Å². The normalized spacial score (nSPS) is 23.3. The van der Waals surface area contributed by atoms with Gasteiger partial charge in [0, 0.05) is 19.2 Å². The Balaban J connectivity index is 2.27. The first-order chi connectivity index (χ1) is 7.67. The number of aliphatic hydroxyl groups is 1. The number of aliphatic hydroxyl groups excluding tert-OH is 1. The number of carbonyl (C=O) groups excluding carboxylic acids is 1. The van der Waals surface area contributed by atoms with Crippen molar-refractivity contribution in [2.75, 3.05) is 26.3 Å². The quantitative estimate of drug-likeness (QED) is 0.691. The average molecular weight is 229 g/mol. The largest absolute Gasteiger partial charge is 0.466 e. The Kier molecular flexibility index (Phi) is 5.77. The summed E-state index contributed by atoms with van der Waals surface area (Å²) in [6.45, 7) is 6.66. The van der Waals surface area contributed by atoms with Gasteiger partial charge in [0.1, 0.15) is 0 Å². The minimum Gasteiger partial charge on any atom is -0.466 e. The Hall–Kier alpha value is -0.610. The fraction of sp³-hybridized carbons (Fsp3) is 0.917. The predicted octanol–water partition coefficient (Wildman–Crippen LogP) is 1.03. The van der Waals surface area contributed by atoms with E-state index in [2.05, 4.69) is 11.8 Å². The van der Waals surface area contributed by atoms with E-state index in [-0.39, 0.29) is 18.6 Å². The molecule has 2 atom stereocenters. The molecule has 0 radical (unpaired) electrons. The van der Waals surface area contributed by atoms with Crippen molar-refractivity contribution in [1.82, 2.24) is 4.90 Å². The third-order valence-corrected chi connectivity index (χ3v) is 3.25. The van der Waals surface area contributed by atoms with Crippen LogP contribution in [0.2, 0.25) is 0 Å². The average Bonchev–Trinajstić information content (AvgIpc) is 2.67. The van der Waals surface area contributed by atoms with Crippen molar-refractivity contribution in [3.05, 3.63) is 0 Å². The van der Waals surface area contributed by atoms with Crippen LogP contribution in [0.3, 0.4) is 0 Å². The molecule has 0 amide bonds. The Labute approximate surface area is 97.6 Å². The van der Waals surface area contributed by atoms with Gasteiger partial charge in [-0.2, -0.15) is 0 Å². The molecule has 0 aliphatic carbocycles. The summed E-state index contributed by atoms with van der Waals surface area (Å²) in [4.78, 5) is 13.6. The van der Waals surface area contributed by atoms with Gasteiger partial charge in [0.15, 0.2) is 0 Å². The van der Waals surface area contributed by atoms with Crippen molar-refractivity contribution >= 4 is 5.97 Å². The van der Waals surface area contributed by atoms with Crippen LogP contribution in [0.4, 0.5) is 0 Å². The lowest BCUT2D eigenvalue weighted by Gasteiger charge is -2.23. The van der Waals surface area contributed by atoms with E-state index < -0.39 is 0 Å². The van der Waals surface area contributed by atoms with Crippen LogP contribution >= 0.6 is 0 Å². The zero-order valence-electron chi connectivity index (χ0n) is 10.3. The van der Waals surface area contributed by atoms with Crippen molar-refractivity contribution in [3.63, 3.8) is 0 Å². The number of rotatable bonds is 6. The fourth-order valence-electron chi connectivity index (χ4n) is 2.27. The second kappa shape index (κ2) is 6.86. The molecule has 0 aromatic rings. The summed E-state index contributed by atoms with van der Waals surface area (Å²) in [6.07, 6.45) is 2.48. The molecule has 4 nitrogen and oxygen atoms in total. The molecule has 1 aliphatic heterocycles. The topological polar surface area (TPSA) is 49.8 Å². The lowest BCUT2D eigenvalue weighted by atomic mass is 10.1. The number of nitrogens with zero attached hydrogens (tertiary/aromatic N) is 1. The van der Waals surface area contributed by atoms with Crippen LogP contribution in [0.25, 0.3) is 0 Å². The van der Waals surface area contributed by atoms with E-state index in [1.807, 2.05) is 6.92 Å². The van der Waals surface area contributed by atoms with Gasteiger partial charge in [-0.3, -0.25) is 9.69 Å². The molecule has 1 N–H and O–H groups in total. The molecule has 1 heterocycles. The standard InChI is InChI=1S/C12H23NO3/c1-3-16-12(15)8-10(2)13-6-4-11(9-13)5-7-14/h10-11,14H,3-9H2,1-2H3. The van der Waals surface area contributed by atoms with Crippen molar-refractivity contribution in [2.45, 2.75) is 39.2 Å². The number of hydrogen-bond donors (Lipinski definition) is 1. The molecule has 4 heteroatoms. The Morgan fingerprint density at radius 2 is 2.38 bits per heavy atom. The first-order valence-electron chi connectivity index (χ1n) is 6.17. The molecule has 1 rings (SSSR count). The second-order valence-electron chi connectivity index (χ2n) is 4.52. The van der Waals surface area contributed by atoms with Gasteiger partial charge in [0.05, 0.1) is 13.0 Å². The molecule has 1 saturated heterocycles. The SMILES string of the molecule is CCOC(=O)CC(C)N1CCC(CCO)C1. The molecule has 16 heavy (non-hydrogen) atoms. The summed E-state index contributed by atoms with van der Waals surface area (Å²) < 4.78 is 4.94. The molecule has 1 fully saturated rings. The molecule has 0 saturated carbocycles. The van der Waals surface area contributed by atoms with Gasteiger partial charge in [0.25, 0.3) is 0 Å². The van der Waals surface area contributed by atoms with Gasteiger partial charge in [-0.25, -0.2) is 0 Å². The van der Waals surface area contributed by atoms with Crippen LogP contribution < -0.4 is 0 Å². The van der Waals surface area contributed by atoms with E-state index in [9.17, 15) is 4.79 Å². The van der Waals surface area contributed by atoms with Gasteiger partial charge in [-0.15, -0.1) is 0 Å². The summed E-state index contributed by atoms with van der Waals surface area (Å²) in [6, 6.07) is 0.253. The third kappa shape index (κ3) is 4.10. The smallest absolute Gasteiger partial charge is 0.307 e. The molecule has 0 bridgehead atoms. The number of hydrogen-bond acceptors (Lipinski definition) is 4. The van der Waals surface area contributed by atoms with Gasteiger partial charge in [0.2, 0.25) is 0 Å². The molecular weight excluding hydrogens is 206 g/mol. The fourth-order valence-corrected chi connectivity index (χ4v) is 2.27. The minimum absolute atomic E-state index is 0.111. The van der Waals surface area contributed by atoms with E-state index in [1.165, 1.54) is 0 Å². The lowest BCUT2D eigenvalue weighted by molar-refractivity contribution is -0.144. The van der Waals surface area contributed by atoms with Gasteiger partial charge in [-0.05, 0) is 39.2 Å². The Morgan fingerprint density at radius 3 is 3.00 bits per heavy atom. The lowest BCUT2D eigenvalue weighted by Crippen LogP contribution is -2.33. The third-order valence-electron chi connectivity index (χ3n) is 3.25. The zero-order valence-corrected chi connectivity index (χ0v) is 10.3. The van der Waals surface area contributed by atoms with E-state index in [0.29, 0.717) is 18.9 Å². The molecular formula is C12H23NO3. The van der Waals surface area contributed by atoms with Crippen molar-refractivity contribution in [3.8, 4) is 0 Å². The highest BCUT2D eigenvalue weighted by atomic mass is 16.5. The maximum atomic E-state index is 11.3. The molecule has 1 aliphatic rings. The molecule has 0 aromatic heterocycles. The minimum atomic E-state index is -0.111. The Bertz CT molecular complexity index is 220. The highest BCUT2D eigenvalue weighted by Crippen LogP contribution is 2.22. The van der Waals surface area contributed by atoms with E-state index in [1.54, 1.807) is 0 Å². The summed E-state index contributed by atoms with van der Waals surface area (Å²) in [7, 11) is 0. The highest BCUT2D eigenvalue weighted by molar-refractivity contribution is 5.70. The van der Waals surface area contributed by atoms with Crippen LogP contribution in [0.5, 0.6) is 0 Å². The summed E-state index contributed by atoms with van der Waals surface area (Å²) in [5.74, 6) is 0.482. The van der Waals surface area contributed by atoms with Gasteiger partial charge < -0.3 is 9.84 Å². The number of carbonyl (C=O) groups is 1. The first kappa shape index (κ1) is 13.5. The summed E-state index contributed by atoms with van der Waals surface area (Å²) >= 11 is 0. The van der Waals surface area contributed by atoms with Crippen molar-refractivity contribution < 1.29 is 14.6 Å². The van der Waals surface area contributed by atoms with Crippen molar-refractivity contribution in [2.24, 2.45) is 5.92 Å². The van der Waals surface area contributed by atoms with Crippen LogP contribution in [0.15, 0.2) is 0 Å².